The normalized spacial score (nSPS) is 12.0. The standard InChI is InChI=1S/C22H23F3N2O3S/c1-12-9-27-22(31-12)13(2)26-10-16-20(28-3)7-15(8-21(16)29-4)30-11-17-18(24)5-14(23)6-19(17)25/h5-9,13,26H,10-11H2,1-4H3/t13-/m0/s1. The van der Waals surface area contributed by atoms with E-state index < -0.39 is 24.1 Å². The van der Waals surface area contributed by atoms with Crippen LogP contribution in [0.5, 0.6) is 17.2 Å². The Bertz CT molecular complexity index is 1010. The molecule has 0 saturated heterocycles. The number of ether oxygens (including phenoxy) is 3. The number of thiazole rings is 1. The van der Waals surface area contributed by atoms with Crippen LogP contribution in [0.25, 0.3) is 0 Å². The molecule has 5 nitrogen and oxygen atoms in total. The number of aromatic nitrogens is 1. The molecule has 1 heterocycles. The van der Waals surface area contributed by atoms with Crippen molar-refractivity contribution in [1.29, 1.82) is 0 Å². The zero-order chi connectivity index (χ0) is 22.5. The number of nitrogens with zero attached hydrogens (tertiary/aromatic N) is 1. The third-order valence-corrected chi connectivity index (χ3v) is 5.76. The summed E-state index contributed by atoms with van der Waals surface area (Å²) in [4.78, 5) is 5.52. The van der Waals surface area contributed by atoms with Crippen LogP contribution < -0.4 is 19.5 Å². The lowest BCUT2D eigenvalue weighted by atomic mass is 10.1. The number of benzene rings is 2. The Morgan fingerprint density at radius 2 is 1.61 bits per heavy atom. The van der Waals surface area contributed by atoms with Gasteiger partial charge in [-0.05, 0) is 13.8 Å². The lowest BCUT2D eigenvalue weighted by Gasteiger charge is -2.18. The van der Waals surface area contributed by atoms with Crippen molar-refractivity contribution in [3.05, 3.63) is 68.9 Å². The summed E-state index contributed by atoms with van der Waals surface area (Å²) in [7, 11) is 3.02. The molecule has 0 fully saturated rings. The molecule has 0 aliphatic heterocycles. The number of hydrogen-bond acceptors (Lipinski definition) is 6. The van der Waals surface area contributed by atoms with E-state index in [0.29, 0.717) is 35.9 Å². The SMILES string of the molecule is COc1cc(OCc2c(F)cc(F)cc2F)cc(OC)c1CN[C@@H](C)c1ncc(C)s1. The molecule has 9 heteroatoms. The lowest BCUT2D eigenvalue weighted by molar-refractivity contribution is 0.286. The van der Waals surface area contributed by atoms with Gasteiger partial charge in [-0.1, -0.05) is 0 Å². The highest BCUT2D eigenvalue weighted by Crippen LogP contribution is 2.35. The summed E-state index contributed by atoms with van der Waals surface area (Å²) in [6.07, 6.45) is 1.83. The molecule has 0 amide bonds. The maximum Gasteiger partial charge on any atom is 0.135 e. The van der Waals surface area contributed by atoms with E-state index >= 15 is 0 Å². The zero-order valence-electron chi connectivity index (χ0n) is 17.6. The first-order valence-electron chi connectivity index (χ1n) is 9.49. The van der Waals surface area contributed by atoms with Gasteiger partial charge in [0.15, 0.2) is 0 Å². The second kappa shape index (κ2) is 10.0. The van der Waals surface area contributed by atoms with Gasteiger partial charge in [-0.15, -0.1) is 11.3 Å². The molecule has 0 aliphatic rings. The highest BCUT2D eigenvalue weighted by atomic mass is 32.1. The average Bonchev–Trinajstić information content (AvgIpc) is 3.17. The summed E-state index contributed by atoms with van der Waals surface area (Å²) in [5, 5.41) is 4.36. The molecular weight excluding hydrogens is 429 g/mol. The largest absolute Gasteiger partial charge is 0.496 e. The van der Waals surface area contributed by atoms with E-state index in [9.17, 15) is 13.2 Å². The van der Waals surface area contributed by atoms with Gasteiger partial charge in [0, 0.05) is 41.9 Å². The van der Waals surface area contributed by atoms with Crippen LogP contribution in [-0.4, -0.2) is 19.2 Å². The van der Waals surface area contributed by atoms with Crippen LogP contribution in [0.3, 0.4) is 0 Å². The summed E-state index contributed by atoms with van der Waals surface area (Å²) in [5.41, 5.74) is 0.397. The molecule has 31 heavy (non-hydrogen) atoms. The van der Waals surface area contributed by atoms with Gasteiger partial charge in [0.1, 0.15) is 46.3 Å². The molecule has 3 rings (SSSR count). The topological polar surface area (TPSA) is 52.6 Å². The van der Waals surface area contributed by atoms with Crippen LogP contribution >= 0.6 is 11.3 Å². The second-order valence-electron chi connectivity index (χ2n) is 6.85. The van der Waals surface area contributed by atoms with Gasteiger partial charge in [0.05, 0.1) is 31.4 Å². The average molecular weight is 452 g/mol. The van der Waals surface area contributed by atoms with Crippen molar-refractivity contribution >= 4 is 11.3 Å². The first-order valence-corrected chi connectivity index (χ1v) is 10.3. The predicted octanol–water partition coefficient (Wildman–Crippen LogP) is 5.32. The van der Waals surface area contributed by atoms with E-state index in [1.54, 1.807) is 23.5 Å². The minimum Gasteiger partial charge on any atom is -0.496 e. The van der Waals surface area contributed by atoms with Gasteiger partial charge in [-0.3, -0.25) is 0 Å². The molecule has 0 aliphatic carbocycles. The van der Waals surface area contributed by atoms with Gasteiger partial charge in [0.2, 0.25) is 0 Å². The van der Waals surface area contributed by atoms with Crippen molar-refractivity contribution in [2.75, 3.05) is 14.2 Å². The fourth-order valence-corrected chi connectivity index (χ4v) is 3.80. The van der Waals surface area contributed by atoms with Crippen LogP contribution in [0.2, 0.25) is 0 Å². The molecule has 1 atom stereocenters. The Balaban J connectivity index is 1.77. The van der Waals surface area contributed by atoms with E-state index in [1.807, 2.05) is 20.0 Å². The van der Waals surface area contributed by atoms with E-state index in [1.165, 1.54) is 14.2 Å². The highest BCUT2D eigenvalue weighted by Gasteiger charge is 2.17. The summed E-state index contributed by atoms with van der Waals surface area (Å²) in [6.45, 7) is 4.04. The van der Waals surface area contributed by atoms with Crippen LogP contribution in [-0.2, 0) is 13.2 Å². The predicted molar refractivity (Wildman–Crippen MR) is 112 cm³/mol. The summed E-state index contributed by atoms with van der Waals surface area (Å²) < 4.78 is 57.3. The summed E-state index contributed by atoms with van der Waals surface area (Å²) in [5.74, 6) is -1.73. The van der Waals surface area contributed by atoms with Gasteiger partial charge in [-0.2, -0.15) is 0 Å². The van der Waals surface area contributed by atoms with Gasteiger partial charge in [0.25, 0.3) is 0 Å². The van der Waals surface area contributed by atoms with E-state index in [0.717, 1.165) is 15.4 Å². The molecule has 0 spiro atoms. The van der Waals surface area contributed by atoms with Crippen molar-refractivity contribution in [3.8, 4) is 17.2 Å². The Hall–Kier alpha value is -2.78. The van der Waals surface area contributed by atoms with Crippen molar-refractivity contribution in [1.82, 2.24) is 10.3 Å². The van der Waals surface area contributed by atoms with Crippen LogP contribution in [0.1, 0.15) is 34.0 Å². The smallest absolute Gasteiger partial charge is 0.135 e. The van der Waals surface area contributed by atoms with Gasteiger partial charge < -0.3 is 19.5 Å². The third kappa shape index (κ3) is 5.48. The second-order valence-corrected chi connectivity index (χ2v) is 8.12. The first kappa shape index (κ1) is 22.9. The minimum absolute atomic E-state index is 0.0217. The maximum absolute atomic E-state index is 13.9. The molecule has 0 bridgehead atoms. The molecular formula is C22H23F3N2O3S. The highest BCUT2D eigenvalue weighted by molar-refractivity contribution is 7.11. The number of aryl methyl sites for hydroxylation is 1. The van der Waals surface area contributed by atoms with Gasteiger partial charge in [-0.25, -0.2) is 18.2 Å². The number of halogens is 3. The molecule has 166 valence electrons. The van der Waals surface area contributed by atoms with Crippen LogP contribution in [0, 0.1) is 24.4 Å². The van der Waals surface area contributed by atoms with E-state index in [4.69, 9.17) is 14.2 Å². The van der Waals surface area contributed by atoms with Crippen LogP contribution in [0.15, 0.2) is 30.5 Å². The molecule has 0 saturated carbocycles. The van der Waals surface area contributed by atoms with Crippen molar-refractivity contribution < 1.29 is 27.4 Å². The number of methoxy groups -OCH3 is 2. The Labute approximate surface area is 182 Å². The zero-order valence-corrected chi connectivity index (χ0v) is 18.4. The Morgan fingerprint density at radius 1 is 1.00 bits per heavy atom. The van der Waals surface area contributed by atoms with Gasteiger partial charge >= 0.3 is 0 Å². The number of nitrogens with one attached hydrogen (secondary N) is 1. The third-order valence-electron chi connectivity index (χ3n) is 4.66. The molecule has 1 aromatic heterocycles. The maximum atomic E-state index is 13.9. The van der Waals surface area contributed by atoms with Crippen molar-refractivity contribution in [2.24, 2.45) is 0 Å². The van der Waals surface area contributed by atoms with E-state index in [-0.39, 0.29) is 11.6 Å². The lowest BCUT2D eigenvalue weighted by Crippen LogP contribution is -2.19. The minimum atomic E-state index is -1.01. The number of hydrogen-bond donors (Lipinski definition) is 1. The summed E-state index contributed by atoms with van der Waals surface area (Å²) >= 11 is 1.62. The fraction of sp³-hybridized carbons (Fsp3) is 0.318. The molecule has 2 aromatic carbocycles. The summed E-state index contributed by atoms with van der Waals surface area (Å²) in [6, 6.07) is 4.47. The Morgan fingerprint density at radius 3 is 2.13 bits per heavy atom. The van der Waals surface area contributed by atoms with E-state index in [2.05, 4.69) is 10.3 Å². The first-order chi connectivity index (χ1) is 14.8. The van der Waals surface area contributed by atoms with Crippen molar-refractivity contribution in [2.45, 2.75) is 33.0 Å². The van der Waals surface area contributed by atoms with Crippen LogP contribution in [0.4, 0.5) is 13.2 Å². The molecule has 0 unspecified atom stereocenters. The number of rotatable bonds is 9. The quantitative estimate of drug-likeness (QED) is 0.477. The molecule has 1 N–H and O–H groups in total. The molecule has 0 radical (unpaired) electrons. The fourth-order valence-electron chi connectivity index (χ4n) is 3.00. The Kier molecular flexibility index (Phi) is 7.40. The molecule has 3 aromatic rings. The van der Waals surface area contributed by atoms with Crippen molar-refractivity contribution in [3.63, 3.8) is 0 Å². The monoisotopic (exact) mass is 452 g/mol.